The van der Waals surface area contributed by atoms with Gasteiger partial charge in [0.15, 0.2) is 11.6 Å². The molecule has 1 aliphatic rings. The number of pyridine rings is 1. The van der Waals surface area contributed by atoms with Gasteiger partial charge in [-0.05, 0) is 61.4 Å². The van der Waals surface area contributed by atoms with Crippen molar-refractivity contribution in [2.45, 2.75) is 13.8 Å². The molecule has 0 saturated carbocycles. The highest BCUT2D eigenvalue weighted by Crippen LogP contribution is 2.23. The van der Waals surface area contributed by atoms with Crippen molar-refractivity contribution in [3.63, 3.8) is 0 Å². The van der Waals surface area contributed by atoms with E-state index in [0.29, 0.717) is 42.7 Å². The minimum absolute atomic E-state index is 0.150. The van der Waals surface area contributed by atoms with E-state index in [4.69, 9.17) is 11.6 Å². The lowest BCUT2D eigenvalue weighted by Crippen LogP contribution is -2.50. The third-order valence-electron chi connectivity index (χ3n) is 5.08. The maximum Gasteiger partial charge on any atom is 0.322 e. The first-order chi connectivity index (χ1) is 15.0. The zero-order valence-electron chi connectivity index (χ0n) is 17.5. The molecule has 2 amide bonds. The van der Waals surface area contributed by atoms with Crippen molar-refractivity contribution in [1.29, 1.82) is 0 Å². The van der Waals surface area contributed by atoms with Gasteiger partial charge in [-0.1, -0.05) is 17.7 Å². The van der Waals surface area contributed by atoms with Crippen LogP contribution in [0.4, 0.5) is 27.9 Å². The van der Waals surface area contributed by atoms with Crippen molar-refractivity contribution in [2.75, 3.05) is 41.7 Å². The van der Waals surface area contributed by atoms with Crippen molar-refractivity contribution in [3.05, 3.63) is 64.8 Å². The normalized spacial score (nSPS) is 13.8. The van der Waals surface area contributed by atoms with E-state index in [2.05, 4.69) is 30.7 Å². The quantitative estimate of drug-likeness (QED) is 0.634. The molecule has 0 bridgehead atoms. The maximum atomic E-state index is 12.6. The minimum Gasteiger partial charge on any atom is -0.352 e. The van der Waals surface area contributed by atoms with E-state index in [0.717, 1.165) is 22.8 Å². The van der Waals surface area contributed by atoms with E-state index in [1.165, 1.54) is 0 Å². The molecule has 4 rings (SSSR count). The van der Waals surface area contributed by atoms with Crippen LogP contribution in [-0.2, 0) is 0 Å². The molecule has 1 fully saturated rings. The van der Waals surface area contributed by atoms with Crippen LogP contribution >= 0.6 is 11.6 Å². The third-order valence-corrected chi connectivity index (χ3v) is 5.41. The van der Waals surface area contributed by atoms with Gasteiger partial charge in [0.1, 0.15) is 5.82 Å². The Kier molecular flexibility index (Phi) is 6.18. The van der Waals surface area contributed by atoms with Crippen molar-refractivity contribution in [1.82, 2.24) is 20.1 Å². The molecular formula is C22H24ClN7O. The first-order valence-corrected chi connectivity index (χ1v) is 10.5. The van der Waals surface area contributed by atoms with Crippen LogP contribution in [0.2, 0.25) is 5.02 Å². The second-order valence-electron chi connectivity index (χ2n) is 7.51. The number of amides is 2. The number of rotatable bonds is 4. The predicted molar refractivity (Wildman–Crippen MR) is 123 cm³/mol. The van der Waals surface area contributed by atoms with Crippen LogP contribution in [0.3, 0.4) is 0 Å². The first kappa shape index (κ1) is 20.9. The van der Waals surface area contributed by atoms with Crippen molar-refractivity contribution < 1.29 is 4.79 Å². The summed E-state index contributed by atoms with van der Waals surface area (Å²) in [6, 6.07) is 13.1. The monoisotopic (exact) mass is 437 g/mol. The number of piperazine rings is 1. The number of nitrogens with zero attached hydrogens (tertiary/aromatic N) is 5. The highest BCUT2D eigenvalue weighted by molar-refractivity contribution is 6.33. The van der Waals surface area contributed by atoms with E-state index in [1.54, 1.807) is 17.2 Å². The highest BCUT2D eigenvalue weighted by Gasteiger charge is 2.22. The minimum atomic E-state index is -0.150. The van der Waals surface area contributed by atoms with Crippen LogP contribution in [0.1, 0.15) is 11.1 Å². The molecule has 160 valence electrons. The number of hydrogen-bond donors (Lipinski definition) is 2. The second-order valence-corrected chi connectivity index (χ2v) is 7.91. The van der Waals surface area contributed by atoms with E-state index in [-0.39, 0.29) is 6.03 Å². The molecule has 9 heteroatoms. The lowest BCUT2D eigenvalue weighted by Gasteiger charge is -2.35. The molecule has 0 unspecified atom stereocenters. The zero-order valence-corrected chi connectivity index (χ0v) is 18.2. The molecule has 1 aliphatic heterocycles. The van der Waals surface area contributed by atoms with Crippen LogP contribution in [0.25, 0.3) is 0 Å². The molecule has 1 aromatic carbocycles. The van der Waals surface area contributed by atoms with Crippen LogP contribution < -0.4 is 15.5 Å². The smallest absolute Gasteiger partial charge is 0.322 e. The number of hydrogen-bond acceptors (Lipinski definition) is 6. The largest absolute Gasteiger partial charge is 0.352 e. The first-order valence-electron chi connectivity index (χ1n) is 10.1. The molecule has 3 aromatic rings. The Balaban J connectivity index is 1.32. The molecule has 0 spiro atoms. The molecule has 1 saturated heterocycles. The average Bonchev–Trinajstić information content (AvgIpc) is 2.77. The predicted octanol–water partition coefficient (Wildman–Crippen LogP) is 4.24. The summed E-state index contributed by atoms with van der Waals surface area (Å²) in [6.45, 7) is 6.50. The fourth-order valence-corrected chi connectivity index (χ4v) is 3.53. The SMILES string of the molecule is Cc1ccnc(Nc2ccc(N3CCN(C(=O)Nc4cc(C)ccc4Cl)CC3)nn2)c1. The van der Waals surface area contributed by atoms with Gasteiger partial charge in [-0.2, -0.15) is 0 Å². The van der Waals surface area contributed by atoms with Gasteiger partial charge in [-0.15, -0.1) is 10.2 Å². The maximum absolute atomic E-state index is 12.6. The van der Waals surface area contributed by atoms with Gasteiger partial charge in [0.2, 0.25) is 0 Å². The molecule has 2 aromatic heterocycles. The van der Waals surface area contributed by atoms with E-state index in [9.17, 15) is 4.79 Å². The number of carbonyl (C=O) groups excluding carboxylic acids is 1. The number of carbonyl (C=O) groups is 1. The number of aromatic nitrogens is 3. The molecule has 0 radical (unpaired) electrons. The van der Waals surface area contributed by atoms with E-state index in [1.807, 2.05) is 50.2 Å². The van der Waals surface area contributed by atoms with Crippen molar-refractivity contribution in [2.24, 2.45) is 0 Å². The standard InChI is InChI=1S/C22H24ClN7O/c1-15-3-4-17(23)18(13-15)25-22(31)30-11-9-29(10-12-30)21-6-5-19(27-28-21)26-20-14-16(2)7-8-24-20/h3-8,13-14H,9-12H2,1-2H3,(H,25,31)(H,24,26,27). The summed E-state index contributed by atoms with van der Waals surface area (Å²) in [4.78, 5) is 20.8. The fourth-order valence-electron chi connectivity index (χ4n) is 3.36. The summed E-state index contributed by atoms with van der Waals surface area (Å²) < 4.78 is 0. The summed E-state index contributed by atoms with van der Waals surface area (Å²) in [5.74, 6) is 2.15. The molecular weight excluding hydrogens is 414 g/mol. The molecule has 3 heterocycles. The van der Waals surface area contributed by atoms with Crippen LogP contribution in [-0.4, -0.2) is 52.3 Å². The molecule has 0 aliphatic carbocycles. The number of aryl methyl sites for hydroxylation is 2. The Morgan fingerprint density at radius 3 is 2.42 bits per heavy atom. The number of urea groups is 1. The molecule has 0 atom stereocenters. The van der Waals surface area contributed by atoms with E-state index >= 15 is 0 Å². The van der Waals surface area contributed by atoms with Crippen molar-refractivity contribution in [3.8, 4) is 0 Å². The summed E-state index contributed by atoms with van der Waals surface area (Å²) >= 11 is 6.19. The van der Waals surface area contributed by atoms with Gasteiger partial charge in [0, 0.05) is 32.4 Å². The number of benzene rings is 1. The highest BCUT2D eigenvalue weighted by atomic mass is 35.5. The van der Waals surface area contributed by atoms with Gasteiger partial charge >= 0.3 is 6.03 Å². The Labute approximate surface area is 186 Å². The van der Waals surface area contributed by atoms with Gasteiger partial charge in [0.05, 0.1) is 10.7 Å². The summed E-state index contributed by atoms with van der Waals surface area (Å²) in [5.41, 5.74) is 2.79. The Morgan fingerprint density at radius 2 is 1.71 bits per heavy atom. The van der Waals surface area contributed by atoms with Crippen LogP contribution in [0.15, 0.2) is 48.7 Å². The van der Waals surface area contributed by atoms with E-state index < -0.39 is 0 Å². The Morgan fingerprint density at radius 1 is 0.935 bits per heavy atom. The fraction of sp³-hybridized carbons (Fsp3) is 0.273. The third kappa shape index (κ3) is 5.21. The lowest BCUT2D eigenvalue weighted by atomic mass is 10.2. The lowest BCUT2D eigenvalue weighted by molar-refractivity contribution is 0.208. The topological polar surface area (TPSA) is 86.3 Å². The zero-order chi connectivity index (χ0) is 21.8. The van der Waals surface area contributed by atoms with Gasteiger partial charge in [-0.25, -0.2) is 9.78 Å². The van der Waals surface area contributed by atoms with Crippen LogP contribution in [0, 0.1) is 13.8 Å². The number of halogens is 1. The average molecular weight is 438 g/mol. The summed E-state index contributed by atoms with van der Waals surface area (Å²) in [5, 5.41) is 15.2. The van der Waals surface area contributed by atoms with Gasteiger partial charge in [0.25, 0.3) is 0 Å². The van der Waals surface area contributed by atoms with Crippen LogP contribution in [0.5, 0.6) is 0 Å². The van der Waals surface area contributed by atoms with Crippen molar-refractivity contribution >= 4 is 40.8 Å². The molecule has 31 heavy (non-hydrogen) atoms. The number of nitrogens with one attached hydrogen (secondary N) is 2. The van der Waals surface area contributed by atoms with Gasteiger partial charge in [-0.3, -0.25) is 0 Å². The Bertz CT molecular complexity index is 1070. The Hall–Kier alpha value is -3.39. The van der Waals surface area contributed by atoms with Gasteiger partial charge < -0.3 is 20.4 Å². The number of anilines is 4. The summed E-state index contributed by atoms with van der Waals surface area (Å²) in [7, 11) is 0. The molecule has 8 nitrogen and oxygen atoms in total. The summed E-state index contributed by atoms with van der Waals surface area (Å²) in [6.07, 6.45) is 1.75. The second kappa shape index (κ2) is 9.18. The molecule has 2 N–H and O–H groups in total.